The average molecular weight is 347 g/mol. The second kappa shape index (κ2) is 8.49. The fraction of sp³-hybridized carbons (Fsp3) is 0.375. The maximum atomic E-state index is 11.7. The smallest absolute Gasteiger partial charge is 0.321 e. The number of hydrogen-bond donors (Lipinski definition) is 3. The Hall–Kier alpha value is -2.35. The van der Waals surface area contributed by atoms with Crippen molar-refractivity contribution in [2.45, 2.75) is 25.9 Å². The summed E-state index contributed by atoms with van der Waals surface area (Å²) < 4.78 is 0. The lowest BCUT2D eigenvalue weighted by molar-refractivity contribution is -0.117. The van der Waals surface area contributed by atoms with Crippen molar-refractivity contribution in [3.8, 4) is 11.4 Å². The minimum atomic E-state index is -0.482. The Balaban J connectivity index is 1.81. The van der Waals surface area contributed by atoms with E-state index < -0.39 is 6.03 Å². The number of nitrogens with zero attached hydrogens (tertiary/aromatic N) is 2. The highest BCUT2D eigenvalue weighted by Crippen LogP contribution is 2.19. The molecule has 2 aromatic rings. The molecule has 0 fully saturated rings. The molecule has 0 aliphatic rings. The molecule has 0 atom stereocenters. The number of thioether (sulfide) groups is 1. The maximum absolute atomic E-state index is 11.7. The molecule has 0 saturated heterocycles. The molecule has 1 aromatic carbocycles. The van der Waals surface area contributed by atoms with Crippen LogP contribution in [0.2, 0.25) is 0 Å². The Morgan fingerprint density at radius 1 is 1.25 bits per heavy atom. The molecule has 24 heavy (non-hydrogen) atoms. The van der Waals surface area contributed by atoms with Crippen LogP contribution in [0, 0.1) is 12.8 Å². The Kier molecular flexibility index (Phi) is 6.36. The van der Waals surface area contributed by atoms with Gasteiger partial charge in [0.15, 0.2) is 5.82 Å². The number of amides is 3. The summed E-state index contributed by atoms with van der Waals surface area (Å²) in [7, 11) is 0. The minimum absolute atomic E-state index is 0.0697. The number of aromatic amines is 1. The molecule has 0 spiro atoms. The number of benzene rings is 1. The fourth-order valence-electron chi connectivity index (χ4n) is 1.79. The van der Waals surface area contributed by atoms with Gasteiger partial charge in [0.25, 0.3) is 0 Å². The van der Waals surface area contributed by atoms with Crippen LogP contribution in [0.1, 0.15) is 19.4 Å². The van der Waals surface area contributed by atoms with Crippen LogP contribution >= 0.6 is 11.8 Å². The highest BCUT2D eigenvalue weighted by atomic mass is 32.2. The van der Waals surface area contributed by atoms with Crippen LogP contribution in [-0.2, 0) is 4.79 Å². The normalized spacial score (nSPS) is 10.7. The topological polar surface area (TPSA) is 99.8 Å². The van der Waals surface area contributed by atoms with Gasteiger partial charge in [-0.05, 0) is 12.8 Å². The van der Waals surface area contributed by atoms with Gasteiger partial charge in [0.2, 0.25) is 11.1 Å². The number of carbonyl (C=O) groups excluding carboxylic acids is 2. The molecule has 2 rings (SSSR count). The Bertz CT molecular complexity index is 697. The molecule has 0 saturated carbocycles. The van der Waals surface area contributed by atoms with Crippen molar-refractivity contribution in [1.82, 2.24) is 25.8 Å². The standard InChI is InChI=1S/C16H21N5O2S/c1-10(2)8-17-15(23)18-13(22)9-24-16-19-14(20-21-16)12-6-4-11(3)5-7-12/h4-7,10H,8-9H2,1-3H3,(H,19,20,21)(H2,17,18,22,23). The van der Waals surface area contributed by atoms with Crippen molar-refractivity contribution in [3.63, 3.8) is 0 Å². The summed E-state index contributed by atoms with van der Waals surface area (Å²) in [5.74, 6) is 0.657. The third kappa shape index (κ3) is 5.69. The predicted molar refractivity (Wildman–Crippen MR) is 93.7 cm³/mol. The summed E-state index contributed by atoms with van der Waals surface area (Å²) in [6.45, 7) is 6.49. The number of urea groups is 1. The molecular weight excluding hydrogens is 326 g/mol. The second-order valence-corrected chi connectivity index (χ2v) is 6.72. The second-order valence-electron chi connectivity index (χ2n) is 5.77. The molecule has 0 aliphatic heterocycles. The molecule has 3 N–H and O–H groups in total. The first-order valence-corrected chi connectivity index (χ1v) is 8.62. The minimum Gasteiger partial charge on any atom is -0.338 e. The molecular formula is C16H21N5O2S. The quantitative estimate of drug-likeness (QED) is 0.697. The van der Waals surface area contributed by atoms with Crippen molar-refractivity contribution in [2.75, 3.05) is 12.3 Å². The van der Waals surface area contributed by atoms with E-state index in [0.717, 1.165) is 5.56 Å². The molecule has 1 heterocycles. The summed E-state index contributed by atoms with van der Waals surface area (Å²) in [5, 5.41) is 12.3. The summed E-state index contributed by atoms with van der Waals surface area (Å²) in [6.07, 6.45) is 0. The highest BCUT2D eigenvalue weighted by Gasteiger charge is 2.11. The summed E-state index contributed by atoms with van der Waals surface area (Å²) in [5.41, 5.74) is 2.10. The van der Waals surface area contributed by atoms with Crippen LogP contribution in [0.5, 0.6) is 0 Å². The Morgan fingerprint density at radius 3 is 2.62 bits per heavy atom. The van der Waals surface area contributed by atoms with Crippen molar-refractivity contribution >= 4 is 23.7 Å². The molecule has 0 aliphatic carbocycles. The van der Waals surface area contributed by atoms with Crippen LogP contribution in [-0.4, -0.2) is 39.4 Å². The summed E-state index contributed by atoms with van der Waals surface area (Å²) >= 11 is 1.17. The van der Waals surface area contributed by atoms with Crippen molar-refractivity contribution in [2.24, 2.45) is 5.92 Å². The van der Waals surface area contributed by atoms with Crippen LogP contribution in [0.3, 0.4) is 0 Å². The van der Waals surface area contributed by atoms with Gasteiger partial charge in [-0.1, -0.05) is 55.4 Å². The van der Waals surface area contributed by atoms with Crippen LogP contribution in [0.15, 0.2) is 29.4 Å². The van der Waals surface area contributed by atoms with E-state index in [9.17, 15) is 9.59 Å². The summed E-state index contributed by atoms with van der Waals surface area (Å²) in [6, 6.07) is 7.41. The summed E-state index contributed by atoms with van der Waals surface area (Å²) in [4.78, 5) is 27.6. The van der Waals surface area contributed by atoms with Gasteiger partial charge in [-0.3, -0.25) is 15.2 Å². The Morgan fingerprint density at radius 2 is 1.96 bits per heavy atom. The molecule has 128 valence electrons. The van der Waals surface area contributed by atoms with Crippen LogP contribution in [0.25, 0.3) is 11.4 Å². The van der Waals surface area contributed by atoms with Crippen molar-refractivity contribution in [1.29, 1.82) is 0 Å². The van der Waals surface area contributed by atoms with Crippen LogP contribution < -0.4 is 10.6 Å². The van der Waals surface area contributed by atoms with Gasteiger partial charge in [0.1, 0.15) is 0 Å². The zero-order valence-corrected chi connectivity index (χ0v) is 14.7. The van der Waals surface area contributed by atoms with Crippen molar-refractivity contribution in [3.05, 3.63) is 29.8 Å². The van der Waals surface area contributed by atoms with Crippen LogP contribution in [0.4, 0.5) is 4.79 Å². The molecule has 0 unspecified atom stereocenters. The number of rotatable bonds is 6. The first-order valence-electron chi connectivity index (χ1n) is 7.64. The lowest BCUT2D eigenvalue weighted by Crippen LogP contribution is -2.41. The Labute approximate surface area is 145 Å². The zero-order valence-electron chi connectivity index (χ0n) is 13.9. The number of hydrogen-bond acceptors (Lipinski definition) is 5. The SMILES string of the molecule is Cc1ccc(-c2nc(SCC(=O)NC(=O)NCC(C)C)n[nH]2)cc1. The molecule has 1 aromatic heterocycles. The third-order valence-corrected chi connectivity index (χ3v) is 3.89. The third-order valence-electron chi connectivity index (χ3n) is 3.05. The molecule has 0 bridgehead atoms. The zero-order chi connectivity index (χ0) is 17.5. The molecule has 8 heteroatoms. The van der Waals surface area contributed by atoms with E-state index >= 15 is 0 Å². The number of carbonyl (C=O) groups is 2. The van der Waals surface area contributed by atoms with E-state index in [2.05, 4.69) is 25.8 Å². The largest absolute Gasteiger partial charge is 0.338 e. The molecule has 3 amide bonds. The first-order chi connectivity index (χ1) is 11.4. The van der Waals surface area contributed by atoms with E-state index in [1.54, 1.807) is 0 Å². The molecule has 7 nitrogen and oxygen atoms in total. The fourth-order valence-corrected chi connectivity index (χ4v) is 2.38. The van der Waals surface area contributed by atoms with Gasteiger partial charge in [-0.15, -0.1) is 5.10 Å². The van der Waals surface area contributed by atoms with E-state index in [1.807, 2.05) is 45.0 Å². The van der Waals surface area contributed by atoms with E-state index in [0.29, 0.717) is 23.4 Å². The van der Waals surface area contributed by atoms with Gasteiger partial charge < -0.3 is 5.32 Å². The molecule has 0 radical (unpaired) electrons. The number of aryl methyl sites for hydroxylation is 1. The first kappa shape index (κ1) is 18.0. The van der Waals surface area contributed by atoms with Crippen molar-refractivity contribution < 1.29 is 9.59 Å². The number of nitrogens with one attached hydrogen (secondary N) is 3. The number of imide groups is 1. The lowest BCUT2D eigenvalue weighted by atomic mass is 10.1. The lowest BCUT2D eigenvalue weighted by Gasteiger charge is -2.07. The van der Waals surface area contributed by atoms with Gasteiger partial charge in [0, 0.05) is 12.1 Å². The van der Waals surface area contributed by atoms with Gasteiger partial charge in [-0.2, -0.15) is 0 Å². The average Bonchev–Trinajstić information content (AvgIpc) is 3.00. The van der Waals surface area contributed by atoms with E-state index in [1.165, 1.54) is 17.3 Å². The van der Waals surface area contributed by atoms with Gasteiger partial charge in [0.05, 0.1) is 5.75 Å². The van der Waals surface area contributed by atoms with Gasteiger partial charge in [-0.25, -0.2) is 9.78 Å². The highest BCUT2D eigenvalue weighted by molar-refractivity contribution is 7.99. The monoisotopic (exact) mass is 347 g/mol. The van der Waals surface area contributed by atoms with E-state index in [-0.39, 0.29) is 11.7 Å². The van der Waals surface area contributed by atoms with Gasteiger partial charge >= 0.3 is 6.03 Å². The van der Waals surface area contributed by atoms with E-state index in [4.69, 9.17) is 0 Å². The maximum Gasteiger partial charge on any atom is 0.321 e. The number of H-pyrrole nitrogens is 1. The number of aromatic nitrogens is 3. The predicted octanol–water partition coefficient (Wildman–Crippen LogP) is 2.35.